The molecule has 0 bridgehead atoms. The van der Waals surface area contributed by atoms with Crippen molar-refractivity contribution in [1.29, 1.82) is 0 Å². The second-order valence-corrected chi connectivity index (χ2v) is 16.2. The summed E-state index contributed by atoms with van der Waals surface area (Å²) >= 11 is 6.00. The van der Waals surface area contributed by atoms with Crippen LogP contribution < -0.4 is 27.0 Å². The molecule has 0 aliphatic heterocycles. The molecule has 16 heteroatoms. The SMILES string of the molecule is CCCC(NC(=O)[C@@H]1C[C@@H](OC(C)(C)C)CC1C(=O)[C@@H](NC(=O)c1c(F)cccc1F)C1CCCCC1)C(=O)C(=O)NCC(=O)NC(C(N)=O)c1cccc(Cl)c1. The third-order valence-corrected chi connectivity index (χ3v) is 10.5. The van der Waals surface area contributed by atoms with Crippen LogP contribution in [-0.4, -0.2) is 71.4 Å². The minimum absolute atomic E-state index is 0.0465. The number of nitrogens with two attached hydrogens (primary N) is 1. The summed E-state index contributed by atoms with van der Waals surface area (Å²) in [6.45, 7) is 6.52. The first-order valence-corrected chi connectivity index (χ1v) is 19.7. The van der Waals surface area contributed by atoms with Crippen LogP contribution in [0.15, 0.2) is 42.5 Å². The van der Waals surface area contributed by atoms with Crippen molar-refractivity contribution in [3.63, 3.8) is 0 Å². The summed E-state index contributed by atoms with van der Waals surface area (Å²) in [6.07, 6.45) is 3.66. The molecule has 6 atom stereocenters. The number of carbonyl (C=O) groups is 7. The number of nitrogens with one attached hydrogen (secondary N) is 4. The monoisotopic (exact) mass is 815 g/mol. The Labute approximate surface area is 335 Å². The van der Waals surface area contributed by atoms with Crippen LogP contribution in [0.5, 0.6) is 0 Å². The van der Waals surface area contributed by atoms with E-state index in [0.717, 1.165) is 37.5 Å². The molecule has 4 rings (SSSR count). The van der Waals surface area contributed by atoms with Crippen LogP contribution in [0.25, 0.3) is 0 Å². The highest BCUT2D eigenvalue weighted by molar-refractivity contribution is 6.38. The van der Waals surface area contributed by atoms with Gasteiger partial charge < -0.3 is 31.7 Å². The predicted octanol–water partition coefficient (Wildman–Crippen LogP) is 4.39. The number of primary amides is 1. The van der Waals surface area contributed by atoms with Crippen molar-refractivity contribution >= 4 is 52.7 Å². The number of hydrogen-bond donors (Lipinski definition) is 5. The quantitative estimate of drug-likeness (QED) is 0.145. The standard InChI is InChI=1S/C41H52ClF2N5O8/c1-5-11-30(36(52)40(56)46-21-31(50)48-34(37(45)53)23-14-9-15-24(42)18-23)47-38(54)27-20-25(57-41(2,3)4)19-26(27)35(51)33(22-12-7-6-8-13-22)49-39(55)32-28(43)16-10-17-29(32)44/h9-10,14-18,22,25-27,30,33-34H,5-8,11-13,19-21H2,1-4H3,(H2,45,53)(H,46,56)(H,47,54)(H,48,50)(H,49,55)/t25-,26?,27+,30?,33-,34?/m0/s1. The lowest BCUT2D eigenvalue weighted by Crippen LogP contribution is -2.53. The van der Waals surface area contributed by atoms with Crippen LogP contribution in [0, 0.1) is 29.4 Å². The van der Waals surface area contributed by atoms with Crippen molar-refractivity contribution < 1.29 is 47.1 Å². The number of hydrogen-bond acceptors (Lipinski definition) is 8. The number of halogens is 3. The Kier molecular flexibility index (Phi) is 15.8. The molecule has 6 N–H and O–H groups in total. The van der Waals surface area contributed by atoms with Crippen LogP contribution in [0.1, 0.15) is 107 Å². The number of ketones is 2. The summed E-state index contributed by atoms with van der Waals surface area (Å²) in [4.78, 5) is 93.3. The van der Waals surface area contributed by atoms with E-state index in [0.29, 0.717) is 29.8 Å². The smallest absolute Gasteiger partial charge is 0.290 e. The molecule has 2 saturated carbocycles. The van der Waals surface area contributed by atoms with Gasteiger partial charge in [0.1, 0.15) is 23.2 Å². The zero-order valence-corrected chi connectivity index (χ0v) is 33.4. The molecule has 2 fully saturated rings. The summed E-state index contributed by atoms with van der Waals surface area (Å²) in [5, 5.41) is 10.2. The van der Waals surface area contributed by atoms with Crippen LogP contribution in [0.4, 0.5) is 8.78 Å². The van der Waals surface area contributed by atoms with E-state index in [4.69, 9.17) is 22.1 Å². The molecule has 0 heterocycles. The van der Waals surface area contributed by atoms with E-state index < -0.39 is 107 Å². The van der Waals surface area contributed by atoms with Gasteiger partial charge in [0.2, 0.25) is 23.5 Å². The Bertz CT molecular complexity index is 1810. The van der Waals surface area contributed by atoms with Crippen molar-refractivity contribution in [3.05, 3.63) is 70.2 Å². The lowest BCUT2D eigenvalue weighted by Gasteiger charge is -2.33. The van der Waals surface area contributed by atoms with Gasteiger partial charge in [-0.05, 0) is 88.6 Å². The zero-order chi connectivity index (χ0) is 42.0. The largest absolute Gasteiger partial charge is 0.373 e. The Balaban J connectivity index is 1.51. The topological polar surface area (TPSA) is 203 Å². The maximum atomic E-state index is 14.7. The van der Waals surface area contributed by atoms with E-state index in [1.807, 2.05) is 20.8 Å². The average Bonchev–Trinajstić information content (AvgIpc) is 3.57. The lowest BCUT2D eigenvalue weighted by atomic mass is 9.77. The van der Waals surface area contributed by atoms with Gasteiger partial charge >= 0.3 is 0 Å². The molecule has 2 aromatic rings. The summed E-state index contributed by atoms with van der Waals surface area (Å²) in [6, 6.07) is 5.37. The average molecular weight is 816 g/mol. The number of carbonyl (C=O) groups excluding carboxylic acids is 7. The van der Waals surface area contributed by atoms with Crippen molar-refractivity contribution in [3.8, 4) is 0 Å². The molecule has 0 radical (unpaired) electrons. The van der Waals surface area contributed by atoms with Crippen LogP contribution in [0.3, 0.4) is 0 Å². The first-order valence-electron chi connectivity index (χ1n) is 19.3. The van der Waals surface area contributed by atoms with E-state index in [1.165, 1.54) is 12.1 Å². The van der Waals surface area contributed by atoms with Gasteiger partial charge in [0.05, 0.1) is 36.3 Å². The Hall–Kier alpha value is -4.76. The molecule has 2 aromatic carbocycles. The maximum Gasteiger partial charge on any atom is 0.290 e. The fourth-order valence-corrected chi connectivity index (χ4v) is 7.90. The fraction of sp³-hybridized carbons (Fsp3) is 0.537. The fourth-order valence-electron chi connectivity index (χ4n) is 7.70. The van der Waals surface area contributed by atoms with Crippen molar-refractivity contribution in [2.24, 2.45) is 23.5 Å². The number of rotatable bonds is 17. The van der Waals surface area contributed by atoms with Gasteiger partial charge in [0.25, 0.3) is 11.8 Å². The number of benzene rings is 2. The number of amides is 5. The molecule has 3 unspecified atom stereocenters. The highest BCUT2D eigenvalue weighted by Gasteiger charge is 2.48. The lowest BCUT2D eigenvalue weighted by molar-refractivity contribution is -0.141. The second kappa shape index (κ2) is 20.1. The van der Waals surface area contributed by atoms with Crippen molar-refractivity contribution in [1.82, 2.24) is 21.3 Å². The molecule has 0 saturated heterocycles. The first kappa shape index (κ1) is 44.9. The van der Waals surface area contributed by atoms with E-state index in [9.17, 15) is 42.3 Å². The normalized spacial score (nSPS) is 20.1. The minimum Gasteiger partial charge on any atom is -0.373 e. The van der Waals surface area contributed by atoms with Gasteiger partial charge in [0, 0.05) is 10.9 Å². The molecule has 5 amide bonds. The van der Waals surface area contributed by atoms with Gasteiger partial charge in [-0.1, -0.05) is 62.4 Å². The summed E-state index contributed by atoms with van der Waals surface area (Å²) < 4.78 is 35.6. The Morgan fingerprint density at radius 2 is 1.53 bits per heavy atom. The summed E-state index contributed by atoms with van der Waals surface area (Å²) in [5.74, 6) is -10.8. The molecule has 310 valence electrons. The van der Waals surface area contributed by atoms with Gasteiger partial charge in [-0.3, -0.25) is 33.6 Å². The first-order chi connectivity index (χ1) is 26.9. The minimum atomic E-state index is -1.33. The van der Waals surface area contributed by atoms with E-state index in [2.05, 4.69) is 21.3 Å². The molecular weight excluding hydrogens is 764 g/mol. The zero-order valence-electron chi connectivity index (χ0n) is 32.6. The highest BCUT2D eigenvalue weighted by atomic mass is 35.5. The van der Waals surface area contributed by atoms with E-state index >= 15 is 0 Å². The van der Waals surface area contributed by atoms with Crippen LogP contribution in [-0.2, 0) is 33.5 Å². The van der Waals surface area contributed by atoms with Crippen LogP contribution >= 0.6 is 11.6 Å². The van der Waals surface area contributed by atoms with Gasteiger partial charge in [0.15, 0.2) is 5.78 Å². The van der Waals surface area contributed by atoms with Crippen molar-refractivity contribution in [2.75, 3.05) is 6.54 Å². The number of Topliss-reactive ketones (excluding diaryl/α,β-unsaturated/α-hetero) is 2. The Morgan fingerprint density at radius 1 is 0.895 bits per heavy atom. The molecule has 0 spiro atoms. The third kappa shape index (κ3) is 12.4. The third-order valence-electron chi connectivity index (χ3n) is 10.3. The van der Waals surface area contributed by atoms with Crippen molar-refractivity contribution in [2.45, 2.75) is 115 Å². The summed E-state index contributed by atoms with van der Waals surface area (Å²) in [5.41, 5.74) is 4.31. The molecule has 0 aromatic heterocycles. The van der Waals surface area contributed by atoms with Gasteiger partial charge in [-0.2, -0.15) is 0 Å². The van der Waals surface area contributed by atoms with Crippen LogP contribution in [0.2, 0.25) is 5.02 Å². The van der Waals surface area contributed by atoms with E-state index in [1.54, 1.807) is 19.1 Å². The molecule has 2 aliphatic rings. The molecular formula is C41H52ClF2N5O8. The highest BCUT2D eigenvalue weighted by Crippen LogP contribution is 2.39. The maximum absolute atomic E-state index is 14.7. The predicted molar refractivity (Wildman–Crippen MR) is 206 cm³/mol. The molecule has 2 aliphatic carbocycles. The van der Waals surface area contributed by atoms with Gasteiger partial charge in [-0.25, -0.2) is 8.78 Å². The molecule has 13 nitrogen and oxygen atoms in total. The summed E-state index contributed by atoms with van der Waals surface area (Å²) in [7, 11) is 0. The van der Waals surface area contributed by atoms with Gasteiger partial charge in [-0.15, -0.1) is 0 Å². The number of ether oxygens (including phenoxy) is 1. The molecule has 57 heavy (non-hydrogen) atoms. The Morgan fingerprint density at radius 3 is 2.12 bits per heavy atom. The second-order valence-electron chi connectivity index (χ2n) is 15.7. The van der Waals surface area contributed by atoms with E-state index in [-0.39, 0.29) is 25.2 Å².